The summed E-state index contributed by atoms with van der Waals surface area (Å²) in [4.78, 5) is 14.9. The van der Waals surface area contributed by atoms with Crippen LogP contribution in [0.5, 0.6) is 5.75 Å². The summed E-state index contributed by atoms with van der Waals surface area (Å²) in [6.07, 6.45) is 5.98. The molecule has 0 bridgehead atoms. The molecule has 33 heavy (non-hydrogen) atoms. The zero-order valence-electron chi connectivity index (χ0n) is 19.6. The number of β-amino-alcohol motifs (C(OH)–C–C–N with tert-alkyl or cyclic N) is 1. The van der Waals surface area contributed by atoms with Crippen molar-refractivity contribution in [2.24, 2.45) is 0 Å². The zero-order chi connectivity index (χ0) is 23.3. The van der Waals surface area contributed by atoms with E-state index in [2.05, 4.69) is 37.0 Å². The first-order valence-corrected chi connectivity index (χ1v) is 11.2. The SMILES string of the molecule is CN(Cc1ccc(OCCn2cccn2)cc1)CC1(O)CCN(c2cc(N(C)C)ncn2)C1. The second-order valence-electron chi connectivity index (χ2n) is 8.96. The first kappa shape index (κ1) is 23.0. The molecule has 1 N–H and O–H groups in total. The molecule has 1 saturated heterocycles. The Morgan fingerprint density at radius 1 is 1.15 bits per heavy atom. The molecule has 1 aliphatic heterocycles. The van der Waals surface area contributed by atoms with E-state index in [1.807, 2.05) is 61.2 Å². The van der Waals surface area contributed by atoms with Crippen molar-refractivity contribution in [1.82, 2.24) is 24.6 Å². The van der Waals surface area contributed by atoms with Crippen molar-refractivity contribution in [2.75, 3.05) is 57.2 Å². The van der Waals surface area contributed by atoms with Crippen LogP contribution in [0.15, 0.2) is 55.1 Å². The van der Waals surface area contributed by atoms with E-state index in [1.54, 1.807) is 12.5 Å². The Morgan fingerprint density at radius 3 is 2.70 bits per heavy atom. The summed E-state index contributed by atoms with van der Waals surface area (Å²) in [7, 11) is 5.96. The molecule has 3 aromatic rings. The second kappa shape index (κ2) is 10.2. The van der Waals surface area contributed by atoms with Crippen molar-refractivity contribution >= 4 is 11.6 Å². The summed E-state index contributed by atoms with van der Waals surface area (Å²) in [5, 5.41) is 15.4. The maximum Gasteiger partial charge on any atom is 0.134 e. The third-order valence-electron chi connectivity index (χ3n) is 5.84. The van der Waals surface area contributed by atoms with Gasteiger partial charge >= 0.3 is 0 Å². The molecular formula is C24H33N7O2. The number of nitrogens with zero attached hydrogens (tertiary/aromatic N) is 7. The quantitative estimate of drug-likeness (QED) is 0.501. The normalized spacial score (nSPS) is 18.2. The number of aliphatic hydroxyl groups is 1. The molecule has 1 aromatic carbocycles. The Balaban J connectivity index is 1.26. The molecule has 0 spiro atoms. The van der Waals surface area contributed by atoms with E-state index in [0.717, 1.165) is 37.0 Å². The lowest BCUT2D eigenvalue weighted by Crippen LogP contribution is -2.43. The Hall–Kier alpha value is -3.17. The van der Waals surface area contributed by atoms with Gasteiger partial charge in [-0.2, -0.15) is 5.10 Å². The summed E-state index contributed by atoms with van der Waals surface area (Å²) in [6.45, 7) is 3.99. The summed E-state index contributed by atoms with van der Waals surface area (Å²) < 4.78 is 7.66. The van der Waals surface area contributed by atoms with Gasteiger partial charge in [0.2, 0.25) is 0 Å². The van der Waals surface area contributed by atoms with Crippen LogP contribution in [-0.4, -0.2) is 82.7 Å². The fourth-order valence-electron chi connectivity index (χ4n) is 4.19. The van der Waals surface area contributed by atoms with Gasteiger partial charge in [0.1, 0.15) is 30.3 Å². The molecule has 0 aliphatic carbocycles. The van der Waals surface area contributed by atoms with Gasteiger partial charge in [0.15, 0.2) is 0 Å². The van der Waals surface area contributed by atoms with Gasteiger partial charge < -0.3 is 19.6 Å². The Labute approximate surface area is 195 Å². The van der Waals surface area contributed by atoms with E-state index in [1.165, 1.54) is 5.56 Å². The predicted molar refractivity (Wildman–Crippen MR) is 129 cm³/mol. The number of benzene rings is 1. The predicted octanol–water partition coefficient (Wildman–Crippen LogP) is 1.89. The van der Waals surface area contributed by atoms with Crippen LogP contribution >= 0.6 is 0 Å². The molecule has 4 rings (SSSR count). The van der Waals surface area contributed by atoms with Gasteiger partial charge in [-0.3, -0.25) is 9.58 Å². The molecule has 3 heterocycles. The third kappa shape index (κ3) is 6.21. The molecule has 0 amide bonds. The molecular weight excluding hydrogens is 418 g/mol. The van der Waals surface area contributed by atoms with E-state index in [9.17, 15) is 5.11 Å². The van der Waals surface area contributed by atoms with Crippen LogP contribution in [0.3, 0.4) is 0 Å². The number of aromatic nitrogens is 4. The Bertz CT molecular complexity index is 1010. The lowest BCUT2D eigenvalue weighted by Gasteiger charge is -2.29. The van der Waals surface area contributed by atoms with Crippen LogP contribution in [0.4, 0.5) is 11.6 Å². The smallest absolute Gasteiger partial charge is 0.134 e. The minimum absolute atomic E-state index is 0.560. The fraction of sp³-hybridized carbons (Fsp3) is 0.458. The van der Waals surface area contributed by atoms with Crippen molar-refractivity contribution < 1.29 is 9.84 Å². The maximum absolute atomic E-state index is 11.2. The molecule has 1 unspecified atom stereocenters. The van der Waals surface area contributed by atoms with Gasteiger partial charge in [-0.15, -0.1) is 0 Å². The van der Waals surface area contributed by atoms with E-state index in [0.29, 0.717) is 26.1 Å². The largest absolute Gasteiger partial charge is 0.492 e. The lowest BCUT2D eigenvalue weighted by molar-refractivity contribution is 0.0279. The fourth-order valence-corrected chi connectivity index (χ4v) is 4.19. The van der Waals surface area contributed by atoms with E-state index in [4.69, 9.17) is 4.74 Å². The average Bonchev–Trinajstić information content (AvgIpc) is 3.45. The molecule has 1 fully saturated rings. The van der Waals surface area contributed by atoms with Crippen LogP contribution in [0.25, 0.3) is 0 Å². The molecule has 9 heteroatoms. The second-order valence-corrected chi connectivity index (χ2v) is 8.96. The summed E-state index contributed by atoms with van der Waals surface area (Å²) in [6, 6.07) is 12.0. The van der Waals surface area contributed by atoms with Gasteiger partial charge in [-0.25, -0.2) is 9.97 Å². The molecule has 0 radical (unpaired) electrons. The summed E-state index contributed by atoms with van der Waals surface area (Å²) >= 11 is 0. The minimum atomic E-state index is -0.770. The summed E-state index contributed by atoms with van der Waals surface area (Å²) in [5.41, 5.74) is 0.412. The number of hydrogen-bond donors (Lipinski definition) is 1. The van der Waals surface area contributed by atoms with Crippen molar-refractivity contribution in [3.63, 3.8) is 0 Å². The number of rotatable bonds is 10. The van der Waals surface area contributed by atoms with Crippen LogP contribution in [0.1, 0.15) is 12.0 Å². The molecule has 1 aliphatic rings. The van der Waals surface area contributed by atoms with Crippen LogP contribution in [-0.2, 0) is 13.1 Å². The maximum atomic E-state index is 11.2. The molecule has 1 atom stereocenters. The third-order valence-corrected chi connectivity index (χ3v) is 5.84. The van der Waals surface area contributed by atoms with Crippen molar-refractivity contribution in [3.05, 3.63) is 60.7 Å². The lowest BCUT2D eigenvalue weighted by atomic mass is 10.0. The first-order chi connectivity index (χ1) is 15.9. The van der Waals surface area contributed by atoms with Crippen LogP contribution in [0.2, 0.25) is 0 Å². The minimum Gasteiger partial charge on any atom is -0.492 e. The number of ether oxygens (including phenoxy) is 1. The van der Waals surface area contributed by atoms with Crippen LogP contribution < -0.4 is 14.5 Å². The number of likely N-dealkylation sites (N-methyl/N-ethyl adjacent to an activating group) is 1. The van der Waals surface area contributed by atoms with Crippen LogP contribution in [0, 0.1) is 0 Å². The number of anilines is 2. The highest BCUT2D eigenvalue weighted by Gasteiger charge is 2.37. The first-order valence-electron chi connectivity index (χ1n) is 11.2. The van der Waals surface area contributed by atoms with Gasteiger partial charge in [0.05, 0.1) is 12.1 Å². The highest BCUT2D eigenvalue weighted by atomic mass is 16.5. The molecule has 2 aromatic heterocycles. The standard InChI is InChI=1S/C24H33N7O2/c1-28(2)22-15-23(26-19-25-22)30-12-9-24(32,18-30)17-29(3)16-20-5-7-21(8-6-20)33-14-13-31-11-4-10-27-31/h4-8,10-11,15,19,32H,9,12-14,16-18H2,1-3H3. The monoisotopic (exact) mass is 451 g/mol. The molecule has 0 saturated carbocycles. The van der Waals surface area contributed by atoms with Gasteiger partial charge in [-0.05, 0) is 37.2 Å². The molecule has 176 valence electrons. The summed E-state index contributed by atoms with van der Waals surface area (Å²) in [5.74, 6) is 2.57. The highest BCUT2D eigenvalue weighted by Crippen LogP contribution is 2.28. The van der Waals surface area contributed by atoms with E-state index < -0.39 is 5.60 Å². The van der Waals surface area contributed by atoms with Crippen molar-refractivity contribution in [2.45, 2.75) is 25.1 Å². The Morgan fingerprint density at radius 2 is 1.97 bits per heavy atom. The average molecular weight is 452 g/mol. The topological polar surface area (TPSA) is 82.8 Å². The Kier molecular flexibility index (Phi) is 7.10. The highest BCUT2D eigenvalue weighted by molar-refractivity contribution is 5.50. The zero-order valence-corrected chi connectivity index (χ0v) is 19.6. The molecule has 9 nitrogen and oxygen atoms in total. The van der Waals surface area contributed by atoms with Crippen molar-refractivity contribution in [3.8, 4) is 5.75 Å². The number of hydrogen-bond acceptors (Lipinski definition) is 8. The van der Waals surface area contributed by atoms with Crippen molar-refractivity contribution in [1.29, 1.82) is 0 Å². The van der Waals surface area contributed by atoms with E-state index in [-0.39, 0.29) is 0 Å². The van der Waals surface area contributed by atoms with Gasteiger partial charge in [0, 0.05) is 58.7 Å². The van der Waals surface area contributed by atoms with E-state index >= 15 is 0 Å². The van der Waals surface area contributed by atoms with Gasteiger partial charge in [0.25, 0.3) is 0 Å². The van der Waals surface area contributed by atoms with Gasteiger partial charge in [-0.1, -0.05) is 12.1 Å².